The van der Waals surface area contributed by atoms with Gasteiger partial charge < -0.3 is 0 Å². The Morgan fingerprint density at radius 3 is 2.73 bits per heavy atom. The Bertz CT molecular complexity index is 500. The molecule has 0 aliphatic carbocycles. The lowest BCUT2D eigenvalue weighted by molar-refractivity contribution is 0.101. The average molecular weight is 200 g/mol. The smallest absolute Gasteiger partial charge is 0.163 e. The quantitative estimate of drug-likeness (QED) is 0.757. The predicted molar refractivity (Wildman–Crippen MR) is 58.8 cm³/mol. The number of hydrogen-bond donors (Lipinski definition) is 1. The maximum atomic E-state index is 11.4. The second kappa shape index (κ2) is 3.69. The van der Waals surface area contributed by atoms with E-state index in [1.165, 1.54) is 0 Å². The van der Waals surface area contributed by atoms with Crippen LogP contribution in [-0.2, 0) is 0 Å². The molecule has 0 fully saturated rings. The number of nitrogens with one attached hydrogen (secondary N) is 1. The molecule has 0 bridgehead atoms. The van der Waals surface area contributed by atoms with E-state index in [1.807, 2.05) is 31.2 Å². The van der Waals surface area contributed by atoms with Crippen LogP contribution in [0.15, 0.2) is 30.5 Å². The van der Waals surface area contributed by atoms with Crippen LogP contribution >= 0.6 is 0 Å². The van der Waals surface area contributed by atoms with Crippen molar-refractivity contribution in [2.75, 3.05) is 0 Å². The minimum absolute atomic E-state index is 0.0296. The monoisotopic (exact) mass is 200 g/mol. The zero-order valence-electron chi connectivity index (χ0n) is 8.74. The molecule has 1 heterocycles. The van der Waals surface area contributed by atoms with Crippen molar-refractivity contribution in [3.05, 3.63) is 41.6 Å². The summed E-state index contributed by atoms with van der Waals surface area (Å²) in [6, 6.07) is 7.92. The maximum Gasteiger partial charge on any atom is 0.163 e. The van der Waals surface area contributed by atoms with Crippen LogP contribution < -0.4 is 0 Å². The molecule has 0 radical (unpaired) electrons. The van der Waals surface area contributed by atoms with Crippen LogP contribution in [0.3, 0.4) is 0 Å². The lowest BCUT2D eigenvalue weighted by atomic mass is 10.0. The van der Waals surface area contributed by atoms with Gasteiger partial charge in [-0.25, -0.2) is 0 Å². The van der Waals surface area contributed by atoms with Gasteiger partial charge in [-0.05, 0) is 19.4 Å². The minimum atomic E-state index is 0.0296. The van der Waals surface area contributed by atoms with Crippen LogP contribution in [-0.4, -0.2) is 16.0 Å². The number of carbonyl (C=O) groups excluding carboxylic acids is 1. The van der Waals surface area contributed by atoms with Crippen LogP contribution in [0, 0.1) is 6.92 Å². The van der Waals surface area contributed by atoms with Crippen molar-refractivity contribution in [2.45, 2.75) is 13.8 Å². The first-order valence-corrected chi connectivity index (χ1v) is 4.80. The number of aryl methyl sites for hydroxylation is 1. The summed E-state index contributed by atoms with van der Waals surface area (Å²) >= 11 is 0. The van der Waals surface area contributed by atoms with Crippen molar-refractivity contribution >= 4 is 5.78 Å². The molecule has 15 heavy (non-hydrogen) atoms. The molecule has 3 heteroatoms. The molecule has 1 aromatic heterocycles. The van der Waals surface area contributed by atoms with Gasteiger partial charge in [-0.15, -0.1) is 0 Å². The van der Waals surface area contributed by atoms with Gasteiger partial charge in [0, 0.05) is 5.56 Å². The molecule has 1 aromatic carbocycles. The summed E-state index contributed by atoms with van der Waals surface area (Å²) in [6.45, 7) is 3.56. The van der Waals surface area contributed by atoms with Gasteiger partial charge in [-0.2, -0.15) is 5.10 Å². The zero-order valence-corrected chi connectivity index (χ0v) is 8.74. The molecule has 0 spiro atoms. The Labute approximate surface area is 88.1 Å². The number of aromatic nitrogens is 2. The van der Waals surface area contributed by atoms with E-state index in [-0.39, 0.29) is 5.78 Å². The lowest BCUT2D eigenvalue weighted by Crippen LogP contribution is -1.94. The molecule has 0 saturated carbocycles. The molecular formula is C12H12N2O. The molecule has 2 rings (SSSR count). The van der Waals surface area contributed by atoms with E-state index in [9.17, 15) is 4.79 Å². The third-order valence-corrected chi connectivity index (χ3v) is 2.43. The van der Waals surface area contributed by atoms with Gasteiger partial charge in [0.1, 0.15) is 0 Å². The fraction of sp³-hybridized carbons (Fsp3) is 0.167. The highest BCUT2D eigenvalue weighted by molar-refractivity contribution is 5.99. The van der Waals surface area contributed by atoms with Crippen molar-refractivity contribution in [3.8, 4) is 11.3 Å². The second-order valence-corrected chi connectivity index (χ2v) is 3.53. The minimum Gasteiger partial charge on any atom is -0.294 e. The number of rotatable bonds is 2. The highest BCUT2D eigenvalue weighted by atomic mass is 16.1. The van der Waals surface area contributed by atoms with E-state index in [0.717, 1.165) is 16.8 Å². The normalized spacial score (nSPS) is 10.3. The van der Waals surface area contributed by atoms with Crippen molar-refractivity contribution in [1.82, 2.24) is 10.2 Å². The van der Waals surface area contributed by atoms with Gasteiger partial charge in [0.05, 0.1) is 17.5 Å². The van der Waals surface area contributed by atoms with Crippen molar-refractivity contribution < 1.29 is 4.79 Å². The van der Waals surface area contributed by atoms with Crippen LogP contribution in [0.1, 0.15) is 22.8 Å². The lowest BCUT2D eigenvalue weighted by Gasteiger charge is -2.03. The Kier molecular flexibility index (Phi) is 2.37. The Hall–Kier alpha value is -1.90. The number of hydrogen-bond acceptors (Lipinski definition) is 2. The first-order valence-electron chi connectivity index (χ1n) is 4.80. The van der Waals surface area contributed by atoms with Gasteiger partial charge in [0.15, 0.2) is 5.78 Å². The first kappa shape index (κ1) is 9.65. The largest absolute Gasteiger partial charge is 0.294 e. The summed E-state index contributed by atoms with van der Waals surface area (Å²) in [5.41, 5.74) is 3.61. The number of Topliss-reactive ketones (excluding diaryl/α,β-unsaturated/α-hetero) is 1. The molecule has 0 saturated heterocycles. The third-order valence-electron chi connectivity index (χ3n) is 2.43. The number of ketones is 1. The predicted octanol–water partition coefficient (Wildman–Crippen LogP) is 2.59. The number of nitrogens with zero attached hydrogens (tertiary/aromatic N) is 1. The molecule has 3 nitrogen and oxygen atoms in total. The Balaban J connectivity index is 2.59. The molecule has 1 N–H and O–H groups in total. The van der Waals surface area contributed by atoms with Crippen molar-refractivity contribution in [2.24, 2.45) is 0 Å². The van der Waals surface area contributed by atoms with Crippen LogP contribution in [0.5, 0.6) is 0 Å². The number of benzene rings is 1. The number of aromatic amines is 1. The van der Waals surface area contributed by atoms with E-state index in [0.29, 0.717) is 5.56 Å². The summed E-state index contributed by atoms with van der Waals surface area (Å²) in [4.78, 5) is 11.4. The maximum absolute atomic E-state index is 11.4. The first-order chi connectivity index (χ1) is 7.20. The highest BCUT2D eigenvalue weighted by Gasteiger charge is 2.12. The molecule has 2 aromatic rings. The topological polar surface area (TPSA) is 45.8 Å². The summed E-state index contributed by atoms with van der Waals surface area (Å²) in [6.07, 6.45) is 1.57. The zero-order chi connectivity index (χ0) is 10.8. The van der Waals surface area contributed by atoms with Gasteiger partial charge in [-0.3, -0.25) is 9.89 Å². The SMILES string of the molecule is CC(=O)c1cn[nH]c1-c1ccccc1C. The molecule has 76 valence electrons. The van der Waals surface area contributed by atoms with E-state index < -0.39 is 0 Å². The standard InChI is InChI=1S/C12H12N2O/c1-8-5-3-4-6-10(8)12-11(9(2)15)7-13-14-12/h3-7H,1-2H3,(H,13,14). The van der Waals surface area contributed by atoms with Crippen LogP contribution in [0.25, 0.3) is 11.3 Å². The van der Waals surface area contributed by atoms with Crippen molar-refractivity contribution in [1.29, 1.82) is 0 Å². The summed E-state index contributed by atoms with van der Waals surface area (Å²) in [7, 11) is 0. The second-order valence-electron chi connectivity index (χ2n) is 3.53. The highest BCUT2D eigenvalue weighted by Crippen LogP contribution is 2.24. The Morgan fingerprint density at radius 1 is 1.33 bits per heavy atom. The van der Waals surface area contributed by atoms with Gasteiger partial charge in [0.25, 0.3) is 0 Å². The van der Waals surface area contributed by atoms with Gasteiger partial charge in [-0.1, -0.05) is 24.3 Å². The fourth-order valence-electron chi connectivity index (χ4n) is 1.61. The van der Waals surface area contributed by atoms with Gasteiger partial charge in [0.2, 0.25) is 0 Å². The molecule has 0 amide bonds. The van der Waals surface area contributed by atoms with E-state index in [4.69, 9.17) is 0 Å². The molecule has 0 aliphatic heterocycles. The molecule has 0 unspecified atom stereocenters. The summed E-state index contributed by atoms with van der Waals surface area (Å²) < 4.78 is 0. The summed E-state index contributed by atoms with van der Waals surface area (Å²) in [5.74, 6) is 0.0296. The molecular weight excluding hydrogens is 188 g/mol. The van der Waals surface area contributed by atoms with Crippen LogP contribution in [0.4, 0.5) is 0 Å². The summed E-state index contributed by atoms with van der Waals surface area (Å²) in [5, 5.41) is 6.79. The molecule has 0 aliphatic rings. The van der Waals surface area contributed by atoms with Crippen LogP contribution in [0.2, 0.25) is 0 Å². The molecule has 0 atom stereocenters. The Morgan fingerprint density at radius 2 is 2.07 bits per heavy atom. The third kappa shape index (κ3) is 1.68. The fourth-order valence-corrected chi connectivity index (χ4v) is 1.61. The van der Waals surface area contributed by atoms with Gasteiger partial charge >= 0.3 is 0 Å². The number of H-pyrrole nitrogens is 1. The number of carbonyl (C=O) groups is 1. The van der Waals surface area contributed by atoms with E-state index in [2.05, 4.69) is 10.2 Å². The van der Waals surface area contributed by atoms with E-state index in [1.54, 1.807) is 13.1 Å². The van der Waals surface area contributed by atoms with Crippen molar-refractivity contribution in [3.63, 3.8) is 0 Å². The van der Waals surface area contributed by atoms with E-state index >= 15 is 0 Å². The average Bonchev–Trinajstić information content (AvgIpc) is 2.67.